The zero-order valence-corrected chi connectivity index (χ0v) is 9.42. The lowest BCUT2D eigenvalue weighted by molar-refractivity contribution is 0.0702. The molecule has 2 aromatic rings. The molecule has 2 nitrogen and oxygen atoms in total. The number of hydrogen-bond donors (Lipinski definition) is 1. The van der Waals surface area contributed by atoms with Crippen molar-refractivity contribution in [2.75, 3.05) is 0 Å². The molecule has 0 aromatic carbocycles. The van der Waals surface area contributed by atoms with Crippen molar-refractivity contribution in [3.63, 3.8) is 0 Å². The van der Waals surface area contributed by atoms with Crippen LogP contribution in [0, 0.1) is 0 Å². The lowest BCUT2D eigenvalue weighted by Crippen LogP contribution is -1.89. The summed E-state index contributed by atoms with van der Waals surface area (Å²) in [5, 5.41) is 10.7. The van der Waals surface area contributed by atoms with E-state index in [4.69, 9.17) is 5.11 Å². The van der Waals surface area contributed by atoms with E-state index in [1.165, 1.54) is 11.3 Å². The van der Waals surface area contributed by atoms with Crippen LogP contribution in [0.5, 0.6) is 0 Å². The summed E-state index contributed by atoms with van der Waals surface area (Å²) >= 11 is 2.93. The first-order chi connectivity index (χ1) is 6.27. The van der Waals surface area contributed by atoms with Crippen LogP contribution in [0.2, 0.25) is 0 Å². The molecule has 0 amide bonds. The minimum atomic E-state index is -0.854. The molecule has 2 rings (SSSR count). The third-order valence-electron chi connectivity index (χ3n) is 1.58. The van der Waals surface area contributed by atoms with Gasteiger partial charge in [0.15, 0.2) is 0 Å². The molecule has 0 unspecified atom stereocenters. The lowest BCUT2D eigenvalue weighted by Gasteiger charge is -1.87. The molecule has 2 heterocycles. The van der Waals surface area contributed by atoms with E-state index in [2.05, 4.69) is 0 Å². The molecular formula is C9H7ClO2S2. The SMILES string of the molecule is Cl.O=C(O)c1ccc(-c2cccs2)s1. The van der Waals surface area contributed by atoms with Crippen molar-refractivity contribution in [3.8, 4) is 9.75 Å². The predicted molar refractivity (Wildman–Crippen MR) is 61.8 cm³/mol. The molecule has 2 aromatic heterocycles. The van der Waals surface area contributed by atoms with E-state index in [-0.39, 0.29) is 12.4 Å². The minimum absolute atomic E-state index is 0. The first-order valence-electron chi connectivity index (χ1n) is 3.64. The van der Waals surface area contributed by atoms with E-state index in [0.29, 0.717) is 4.88 Å². The van der Waals surface area contributed by atoms with Gasteiger partial charge in [0, 0.05) is 9.75 Å². The standard InChI is InChI=1S/C9H6O2S2.ClH/c10-9(11)8-4-3-7(13-8)6-2-1-5-12-6;/h1-5H,(H,10,11);1H. The molecule has 0 aliphatic carbocycles. The number of rotatable bonds is 2. The van der Waals surface area contributed by atoms with E-state index in [1.807, 2.05) is 23.6 Å². The summed E-state index contributed by atoms with van der Waals surface area (Å²) < 4.78 is 0. The van der Waals surface area contributed by atoms with Crippen LogP contribution in [-0.4, -0.2) is 11.1 Å². The van der Waals surface area contributed by atoms with Crippen molar-refractivity contribution in [1.29, 1.82) is 0 Å². The lowest BCUT2D eigenvalue weighted by atomic mass is 10.4. The summed E-state index contributed by atoms with van der Waals surface area (Å²) in [6.45, 7) is 0. The van der Waals surface area contributed by atoms with Crippen LogP contribution in [0.15, 0.2) is 29.6 Å². The van der Waals surface area contributed by atoms with Gasteiger partial charge in [0.1, 0.15) is 4.88 Å². The van der Waals surface area contributed by atoms with Gasteiger partial charge in [-0.1, -0.05) is 6.07 Å². The highest BCUT2D eigenvalue weighted by Crippen LogP contribution is 2.31. The highest BCUT2D eigenvalue weighted by atomic mass is 35.5. The fourth-order valence-corrected chi connectivity index (χ4v) is 2.68. The number of carbonyl (C=O) groups is 1. The molecular weight excluding hydrogens is 240 g/mol. The Morgan fingerprint density at radius 1 is 1.21 bits per heavy atom. The van der Waals surface area contributed by atoms with Crippen molar-refractivity contribution in [3.05, 3.63) is 34.5 Å². The van der Waals surface area contributed by atoms with Gasteiger partial charge in [0.2, 0.25) is 0 Å². The van der Waals surface area contributed by atoms with Crippen LogP contribution in [0.3, 0.4) is 0 Å². The second kappa shape index (κ2) is 4.59. The summed E-state index contributed by atoms with van der Waals surface area (Å²) in [7, 11) is 0. The van der Waals surface area contributed by atoms with Crippen molar-refractivity contribution >= 4 is 41.0 Å². The van der Waals surface area contributed by atoms with E-state index in [9.17, 15) is 4.79 Å². The topological polar surface area (TPSA) is 37.3 Å². The summed E-state index contributed by atoms with van der Waals surface area (Å²) in [4.78, 5) is 13.1. The largest absolute Gasteiger partial charge is 0.477 e. The smallest absolute Gasteiger partial charge is 0.345 e. The highest BCUT2D eigenvalue weighted by Gasteiger charge is 2.08. The van der Waals surface area contributed by atoms with Gasteiger partial charge < -0.3 is 5.11 Å². The van der Waals surface area contributed by atoms with Gasteiger partial charge in [-0.05, 0) is 23.6 Å². The average molecular weight is 247 g/mol. The second-order valence-corrected chi connectivity index (χ2v) is 4.48. The second-order valence-electron chi connectivity index (χ2n) is 2.45. The summed E-state index contributed by atoms with van der Waals surface area (Å²) in [6, 6.07) is 7.43. The monoisotopic (exact) mass is 246 g/mol. The Bertz CT molecular complexity index is 420. The molecule has 0 saturated carbocycles. The molecule has 0 saturated heterocycles. The summed E-state index contributed by atoms with van der Waals surface area (Å²) in [5.74, 6) is -0.854. The van der Waals surface area contributed by atoms with Crippen molar-refractivity contribution < 1.29 is 9.90 Å². The highest BCUT2D eigenvalue weighted by molar-refractivity contribution is 7.22. The zero-order valence-electron chi connectivity index (χ0n) is 6.97. The maximum absolute atomic E-state index is 10.6. The summed E-state index contributed by atoms with van der Waals surface area (Å²) in [6.07, 6.45) is 0. The first kappa shape index (κ1) is 11.2. The van der Waals surface area contributed by atoms with E-state index < -0.39 is 5.97 Å². The Morgan fingerprint density at radius 2 is 2.00 bits per heavy atom. The van der Waals surface area contributed by atoms with Gasteiger partial charge in [-0.15, -0.1) is 35.1 Å². The molecule has 0 radical (unpaired) electrons. The fourth-order valence-electron chi connectivity index (χ4n) is 1.00. The third kappa shape index (κ3) is 2.15. The Balaban J connectivity index is 0.000000980. The predicted octanol–water partition coefficient (Wildman–Crippen LogP) is 3.60. The molecule has 0 spiro atoms. The molecule has 0 atom stereocenters. The number of thiophene rings is 2. The Labute approximate surface area is 95.2 Å². The quantitative estimate of drug-likeness (QED) is 0.879. The van der Waals surface area contributed by atoms with Gasteiger partial charge in [0.05, 0.1) is 0 Å². The van der Waals surface area contributed by atoms with Crippen LogP contribution in [0.4, 0.5) is 0 Å². The maximum Gasteiger partial charge on any atom is 0.345 e. The van der Waals surface area contributed by atoms with Gasteiger partial charge in [0.25, 0.3) is 0 Å². The van der Waals surface area contributed by atoms with Crippen LogP contribution in [-0.2, 0) is 0 Å². The zero-order chi connectivity index (χ0) is 9.26. The molecule has 0 aliphatic rings. The Kier molecular flexibility index (Phi) is 3.69. The van der Waals surface area contributed by atoms with Crippen LogP contribution < -0.4 is 0 Å². The van der Waals surface area contributed by atoms with E-state index in [1.54, 1.807) is 17.4 Å². The van der Waals surface area contributed by atoms with Crippen LogP contribution >= 0.6 is 35.1 Å². The van der Waals surface area contributed by atoms with Crippen molar-refractivity contribution in [1.82, 2.24) is 0 Å². The van der Waals surface area contributed by atoms with Crippen LogP contribution in [0.25, 0.3) is 9.75 Å². The fraction of sp³-hybridized carbons (Fsp3) is 0. The molecule has 74 valence electrons. The molecule has 5 heteroatoms. The van der Waals surface area contributed by atoms with Crippen molar-refractivity contribution in [2.24, 2.45) is 0 Å². The first-order valence-corrected chi connectivity index (χ1v) is 5.34. The van der Waals surface area contributed by atoms with E-state index in [0.717, 1.165) is 9.75 Å². The van der Waals surface area contributed by atoms with E-state index >= 15 is 0 Å². The Hall–Kier alpha value is -0.840. The van der Waals surface area contributed by atoms with Gasteiger partial charge >= 0.3 is 5.97 Å². The molecule has 0 fully saturated rings. The molecule has 1 N–H and O–H groups in total. The third-order valence-corrected chi connectivity index (χ3v) is 3.72. The normalized spacial score (nSPS) is 9.43. The number of carboxylic acid groups (broad SMARTS) is 1. The van der Waals surface area contributed by atoms with Gasteiger partial charge in [-0.3, -0.25) is 0 Å². The maximum atomic E-state index is 10.6. The number of carboxylic acids is 1. The minimum Gasteiger partial charge on any atom is -0.477 e. The van der Waals surface area contributed by atoms with Gasteiger partial charge in [-0.2, -0.15) is 0 Å². The Morgan fingerprint density at radius 3 is 2.50 bits per heavy atom. The molecule has 0 aliphatic heterocycles. The van der Waals surface area contributed by atoms with Crippen LogP contribution in [0.1, 0.15) is 9.67 Å². The number of halogens is 1. The summed E-state index contributed by atoms with van der Waals surface area (Å²) in [5.41, 5.74) is 0. The average Bonchev–Trinajstić information content (AvgIpc) is 2.75. The molecule has 0 bridgehead atoms. The number of aromatic carboxylic acids is 1. The van der Waals surface area contributed by atoms with Crippen molar-refractivity contribution in [2.45, 2.75) is 0 Å². The number of hydrogen-bond acceptors (Lipinski definition) is 3. The molecule has 14 heavy (non-hydrogen) atoms. The van der Waals surface area contributed by atoms with Gasteiger partial charge in [-0.25, -0.2) is 4.79 Å².